The van der Waals surface area contributed by atoms with Crippen LogP contribution in [-0.4, -0.2) is 23.2 Å². The third kappa shape index (κ3) is 4.79. The molecule has 0 spiro atoms. The lowest BCUT2D eigenvalue weighted by Gasteiger charge is -2.07. The van der Waals surface area contributed by atoms with E-state index in [1.807, 2.05) is 38.1 Å². The quantitative estimate of drug-likeness (QED) is 0.678. The average Bonchev–Trinajstić information content (AvgIpc) is 2.54. The van der Waals surface area contributed by atoms with Gasteiger partial charge < -0.3 is 5.32 Å². The molecule has 2 aromatic carbocycles. The lowest BCUT2D eigenvalue weighted by atomic mass is 10.1. The summed E-state index contributed by atoms with van der Waals surface area (Å²) in [5.41, 5.74) is 3.02. The van der Waals surface area contributed by atoms with Gasteiger partial charge in [0.25, 0.3) is 11.8 Å². The van der Waals surface area contributed by atoms with Crippen molar-refractivity contribution in [1.82, 2.24) is 5.32 Å². The minimum Gasteiger partial charge on any atom is -0.301 e. The molecule has 0 aliphatic heterocycles. The number of nitrogens with one attached hydrogen (secondary N) is 1. The van der Waals surface area contributed by atoms with E-state index in [9.17, 15) is 9.59 Å². The number of benzene rings is 2. The molecule has 2 aromatic rings. The second-order valence-corrected chi connectivity index (χ2v) is 5.91. The summed E-state index contributed by atoms with van der Waals surface area (Å²) in [5.74, 6) is -0.651. The molecule has 0 radical (unpaired) electrons. The van der Waals surface area contributed by atoms with Crippen molar-refractivity contribution in [2.75, 3.05) is 6.26 Å². The standard InChI is InChI=1S/C18H18N2O2S/c1-12-6-4-8-14(10-12)16(21)19-18(23-3)20-17(22)15-9-5-7-13(2)11-15/h4-11H,1-3H3,(H,19,20,21,22). The molecule has 0 aliphatic rings. The number of aliphatic imine (C=N–C) groups is 1. The average molecular weight is 326 g/mol. The number of nitrogens with zero attached hydrogens (tertiary/aromatic N) is 1. The highest BCUT2D eigenvalue weighted by molar-refractivity contribution is 8.13. The lowest BCUT2D eigenvalue weighted by Crippen LogP contribution is -2.29. The van der Waals surface area contributed by atoms with Crippen LogP contribution in [0.1, 0.15) is 31.8 Å². The molecule has 0 unspecified atom stereocenters. The number of amides is 2. The van der Waals surface area contributed by atoms with Crippen molar-refractivity contribution >= 4 is 28.7 Å². The van der Waals surface area contributed by atoms with Gasteiger partial charge in [0.1, 0.15) is 0 Å². The Kier molecular flexibility index (Phi) is 5.71. The van der Waals surface area contributed by atoms with Crippen LogP contribution in [0.25, 0.3) is 0 Å². The van der Waals surface area contributed by atoms with E-state index in [4.69, 9.17) is 0 Å². The van der Waals surface area contributed by atoms with Crippen LogP contribution in [0.3, 0.4) is 0 Å². The van der Waals surface area contributed by atoms with Gasteiger partial charge in [-0.2, -0.15) is 4.99 Å². The highest BCUT2D eigenvalue weighted by atomic mass is 32.2. The van der Waals surface area contributed by atoms with E-state index in [1.165, 1.54) is 11.8 Å². The highest BCUT2D eigenvalue weighted by Crippen LogP contribution is 2.08. The zero-order chi connectivity index (χ0) is 16.8. The van der Waals surface area contributed by atoms with Gasteiger partial charge in [0, 0.05) is 11.1 Å². The topological polar surface area (TPSA) is 58.5 Å². The van der Waals surface area contributed by atoms with Gasteiger partial charge in [-0.1, -0.05) is 47.2 Å². The number of carbonyl (C=O) groups excluding carboxylic acids is 2. The maximum atomic E-state index is 12.2. The number of hydrogen-bond donors (Lipinski definition) is 1. The van der Waals surface area contributed by atoms with Crippen molar-refractivity contribution in [2.24, 2.45) is 4.99 Å². The smallest absolute Gasteiger partial charge is 0.279 e. The number of hydrogen-bond acceptors (Lipinski definition) is 3. The zero-order valence-electron chi connectivity index (χ0n) is 13.3. The van der Waals surface area contributed by atoms with Crippen LogP contribution in [0.4, 0.5) is 0 Å². The molecule has 0 saturated heterocycles. The van der Waals surface area contributed by atoms with Gasteiger partial charge in [-0.15, -0.1) is 0 Å². The van der Waals surface area contributed by atoms with Crippen molar-refractivity contribution in [3.8, 4) is 0 Å². The van der Waals surface area contributed by atoms with E-state index in [-0.39, 0.29) is 17.0 Å². The molecule has 0 heterocycles. The van der Waals surface area contributed by atoms with E-state index >= 15 is 0 Å². The predicted octanol–water partition coefficient (Wildman–Crippen LogP) is 3.59. The first-order valence-corrected chi connectivity index (χ1v) is 8.34. The second-order valence-electron chi connectivity index (χ2n) is 5.12. The number of aryl methyl sites for hydroxylation is 2. The second kappa shape index (κ2) is 7.74. The first-order chi connectivity index (χ1) is 11.0. The lowest BCUT2D eigenvalue weighted by molar-refractivity contribution is 0.0978. The molecule has 0 atom stereocenters. The molecule has 4 nitrogen and oxygen atoms in total. The summed E-state index contributed by atoms with van der Waals surface area (Å²) in [5, 5.41) is 2.96. The Morgan fingerprint density at radius 1 is 0.957 bits per heavy atom. The molecule has 2 rings (SSSR count). The summed E-state index contributed by atoms with van der Waals surface area (Å²) in [6.45, 7) is 3.83. The first-order valence-electron chi connectivity index (χ1n) is 7.11. The van der Waals surface area contributed by atoms with Crippen molar-refractivity contribution in [2.45, 2.75) is 13.8 Å². The fourth-order valence-corrected chi connectivity index (χ4v) is 2.38. The molecule has 0 aliphatic carbocycles. The van der Waals surface area contributed by atoms with E-state index in [0.29, 0.717) is 11.1 Å². The van der Waals surface area contributed by atoms with E-state index in [1.54, 1.807) is 30.5 Å². The Morgan fingerprint density at radius 3 is 2.09 bits per heavy atom. The molecule has 118 valence electrons. The third-order valence-electron chi connectivity index (χ3n) is 3.16. The van der Waals surface area contributed by atoms with Crippen molar-refractivity contribution in [1.29, 1.82) is 0 Å². The van der Waals surface area contributed by atoms with Gasteiger partial charge in [-0.05, 0) is 44.4 Å². The van der Waals surface area contributed by atoms with Gasteiger partial charge in [0.05, 0.1) is 0 Å². The van der Waals surface area contributed by atoms with Crippen LogP contribution in [0.2, 0.25) is 0 Å². The summed E-state index contributed by atoms with van der Waals surface area (Å²) in [4.78, 5) is 28.4. The van der Waals surface area contributed by atoms with Crippen LogP contribution in [0.5, 0.6) is 0 Å². The maximum absolute atomic E-state index is 12.2. The largest absolute Gasteiger partial charge is 0.301 e. The maximum Gasteiger partial charge on any atom is 0.279 e. The summed E-state index contributed by atoms with van der Waals surface area (Å²) in [6, 6.07) is 14.4. The van der Waals surface area contributed by atoms with E-state index in [0.717, 1.165) is 11.1 Å². The summed E-state index contributed by atoms with van der Waals surface area (Å²) < 4.78 is 0. The van der Waals surface area contributed by atoms with Gasteiger partial charge in [-0.25, -0.2) is 0 Å². The summed E-state index contributed by atoms with van der Waals surface area (Å²) in [7, 11) is 0. The van der Waals surface area contributed by atoms with E-state index < -0.39 is 0 Å². The van der Waals surface area contributed by atoms with Gasteiger partial charge in [-0.3, -0.25) is 9.59 Å². The Balaban J connectivity index is 2.16. The Hall–Kier alpha value is -2.40. The van der Waals surface area contributed by atoms with Gasteiger partial charge >= 0.3 is 0 Å². The molecular weight excluding hydrogens is 308 g/mol. The van der Waals surface area contributed by atoms with Crippen molar-refractivity contribution in [3.05, 3.63) is 70.8 Å². The van der Waals surface area contributed by atoms with Crippen LogP contribution in [0, 0.1) is 13.8 Å². The first kappa shape index (κ1) is 17.0. The van der Waals surface area contributed by atoms with Crippen LogP contribution >= 0.6 is 11.8 Å². The van der Waals surface area contributed by atoms with Gasteiger partial charge in [0.15, 0.2) is 5.17 Å². The fourth-order valence-electron chi connectivity index (χ4n) is 2.02. The van der Waals surface area contributed by atoms with Crippen molar-refractivity contribution < 1.29 is 9.59 Å². The normalized spacial score (nSPS) is 11.2. The Labute approximate surface area is 140 Å². The molecule has 23 heavy (non-hydrogen) atoms. The SMILES string of the molecule is CSC(=NC(=O)c1cccc(C)c1)NC(=O)c1cccc(C)c1. The zero-order valence-corrected chi connectivity index (χ0v) is 14.1. The number of amidine groups is 1. The monoisotopic (exact) mass is 326 g/mol. The fraction of sp³-hybridized carbons (Fsp3) is 0.167. The third-order valence-corrected chi connectivity index (χ3v) is 3.74. The Morgan fingerprint density at radius 2 is 1.52 bits per heavy atom. The number of carbonyl (C=O) groups is 2. The molecule has 0 fully saturated rings. The number of thioether (sulfide) groups is 1. The summed E-state index contributed by atoms with van der Waals surface area (Å²) >= 11 is 1.22. The molecular formula is C18H18N2O2S. The van der Waals surface area contributed by atoms with Crippen LogP contribution in [0.15, 0.2) is 53.5 Å². The van der Waals surface area contributed by atoms with Crippen LogP contribution in [-0.2, 0) is 0 Å². The highest BCUT2D eigenvalue weighted by Gasteiger charge is 2.11. The molecule has 0 aromatic heterocycles. The molecule has 5 heteroatoms. The minimum atomic E-state index is -0.373. The summed E-state index contributed by atoms with van der Waals surface area (Å²) in [6.07, 6.45) is 1.76. The molecule has 0 saturated carbocycles. The minimum absolute atomic E-state index is 0.279. The predicted molar refractivity (Wildman–Crippen MR) is 95.1 cm³/mol. The van der Waals surface area contributed by atoms with Crippen LogP contribution < -0.4 is 5.32 Å². The van der Waals surface area contributed by atoms with E-state index in [2.05, 4.69) is 10.3 Å². The van der Waals surface area contributed by atoms with Gasteiger partial charge in [0.2, 0.25) is 0 Å². The molecule has 1 N–H and O–H groups in total. The molecule has 0 bridgehead atoms. The van der Waals surface area contributed by atoms with Crippen molar-refractivity contribution in [3.63, 3.8) is 0 Å². The molecule has 2 amide bonds. The number of rotatable bonds is 2. The Bertz CT molecular complexity index is 769.